The quantitative estimate of drug-likeness (QED) is 0.835. The number of hydrogen-bond acceptors (Lipinski definition) is 2. The van der Waals surface area contributed by atoms with Gasteiger partial charge in [0.25, 0.3) is 0 Å². The number of halogens is 1. The molecule has 2 rings (SSSR count). The Bertz CT molecular complexity index is 588. The van der Waals surface area contributed by atoms with Gasteiger partial charge in [0.05, 0.1) is 16.9 Å². The second kappa shape index (κ2) is 4.35. The minimum Gasteiger partial charge on any atom is -0.314 e. The van der Waals surface area contributed by atoms with Crippen LogP contribution in [0.25, 0.3) is 0 Å². The summed E-state index contributed by atoms with van der Waals surface area (Å²) in [5, 5.41) is 9.24. The first-order valence-corrected chi connectivity index (χ1v) is 7.00. The molecule has 1 aliphatic heterocycles. The zero-order valence-electron chi connectivity index (χ0n) is 11.6. The van der Waals surface area contributed by atoms with Crippen LogP contribution >= 0.6 is 15.9 Å². The number of carbonyl (C=O) groups excluding carboxylic acids is 1. The van der Waals surface area contributed by atoms with Gasteiger partial charge in [0.1, 0.15) is 0 Å². The predicted octanol–water partition coefficient (Wildman–Crippen LogP) is 3.62. The highest BCUT2D eigenvalue weighted by Crippen LogP contribution is 2.47. The van der Waals surface area contributed by atoms with Crippen molar-refractivity contribution in [2.75, 3.05) is 11.9 Å². The standard InChI is InChI=1S/C15H17BrN2O/c1-14(2,9-17)8-15(3)11-7-10(16)5-6-12(11)18(4)13(15)19/h5-7H,8H2,1-4H3. The van der Waals surface area contributed by atoms with Crippen LogP contribution in [-0.4, -0.2) is 13.0 Å². The van der Waals surface area contributed by atoms with Crippen molar-refractivity contribution in [3.8, 4) is 6.07 Å². The molecule has 1 atom stereocenters. The minimum atomic E-state index is -0.632. The van der Waals surface area contributed by atoms with Crippen molar-refractivity contribution in [1.29, 1.82) is 5.26 Å². The Kier molecular flexibility index (Phi) is 3.22. The molecule has 1 aromatic carbocycles. The van der Waals surface area contributed by atoms with Crippen molar-refractivity contribution < 1.29 is 4.79 Å². The number of carbonyl (C=O) groups is 1. The van der Waals surface area contributed by atoms with Gasteiger partial charge in [0.2, 0.25) is 5.91 Å². The van der Waals surface area contributed by atoms with Gasteiger partial charge in [-0.1, -0.05) is 15.9 Å². The first kappa shape index (κ1) is 14.1. The molecule has 4 heteroatoms. The van der Waals surface area contributed by atoms with Gasteiger partial charge in [0, 0.05) is 17.2 Å². The fourth-order valence-corrected chi connectivity index (χ4v) is 3.29. The van der Waals surface area contributed by atoms with Gasteiger partial charge in [-0.25, -0.2) is 0 Å². The second-order valence-electron chi connectivity index (χ2n) is 6.03. The van der Waals surface area contributed by atoms with Crippen molar-refractivity contribution in [3.05, 3.63) is 28.2 Å². The van der Waals surface area contributed by atoms with Crippen molar-refractivity contribution in [2.45, 2.75) is 32.6 Å². The van der Waals surface area contributed by atoms with E-state index in [1.807, 2.05) is 39.0 Å². The molecule has 0 aromatic heterocycles. The molecule has 0 N–H and O–H groups in total. The molecule has 0 saturated carbocycles. The van der Waals surface area contributed by atoms with Gasteiger partial charge in [-0.05, 0) is 51.0 Å². The monoisotopic (exact) mass is 320 g/mol. The molecule has 19 heavy (non-hydrogen) atoms. The average molecular weight is 321 g/mol. The summed E-state index contributed by atoms with van der Waals surface area (Å²) < 4.78 is 0.954. The van der Waals surface area contributed by atoms with Gasteiger partial charge in [-0.2, -0.15) is 5.26 Å². The lowest BCUT2D eigenvalue weighted by atomic mass is 9.71. The largest absolute Gasteiger partial charge is 0.314 e. The second-order valence-corrected chi connectivity index (χ2v) is 6.95. The zero-order valence-corrected chi connectivity index (χ0v) is 13.2. The highest BCUT2D eigenvalue weighted by Gasteiger charge is 2.48. The molecule has 0 saturated heterocycles. The van der Waals surface area contributed by atoms with Crippen LogP contribution in [0.3, 0.4) is 0 Å². The number of nitrogens with zero attached hydrogens (tertiary/aromatic N) is 2. The summed E-state index contributed by atoms with van der Waals surface area (Å²) in [6, 6.07) is 8.16. The number of fused-ring (bicyclic) bond motifs is 1. The number of nitriles is 1. The first-order valence-electron chi connectivity index (χ1n) is 6.21. The molecule has 0 spiro atoms. The van der Waals surface area contributed by atoms with Crippen LogP contribution in [0.2, 0.25) is 0 Å². The predicted molar refractivity (Wildman–Crippen MR) is 78.9 cm³/mol. The number of rotatable bonds is 2. The topological polar surface area (TPSA) is 44.1 Å². The van der Waals surface area contributed by atoms with E-state index in [4.69, 9.17) is 0 Å². The summed E-state index contributed by atoms with van der Waals surface area (Å²) >= 11 is 3.46. The molecule has 1 heterocycles. The van der Waals surface area contributed by atoms with E-state index in [0.717, 1.165) is 15.7 Å². The van der Waals surface area contributed by atoms with Crippen LogP contribution in [0, 0.1) is 16.7 Å². The molecule has 0 aliphatic carbocycles. The molecule has 1 amide bonds. The van der Waals surface area contributed by atoms with Crippen molar-refractivity contribution in [3.63, 3.8) is 0 Å². The Labute approximate surface area is 122 Å². The normalized spacial score (nSPS) is 22.3. The number of likely N-dealkylation sites (N-methyl/N-ethyl adjacent to an activating group) is 1. The summed E-state index contributed by atoms with van der Waals surface area (Å²) in [4.78, 5) is 14.3. The Balaban J connectivity index is 2.57. The van der Waals surface area contributed by atoms with Crippen LogP contribution in [0.15, 0.2) is 22.7 Å². The molecule has 1 aliphatic rings. The zero-order chi connectivity index (χ0) is 14.4. The third kappa shape index (κ3) is 2.17. The molecule has 100 valence electrons. The van der Waals surface area contributed by atoms with E-state index >= 15 is 0 Å². The van der Waals surface area contributed by atoms with E-state index < -0.39 is 10.8 Å². The average Bonchev–Trinajstić information content (AvgIpc) is 2.51. The summed E-state index contributed by atoms with van der Waals surface area (Å²) in [5.74, 6) is 0.0592. The highest BCUT2D eigenvalue weighted by atomic mass is 79.9. The molecule has 0 radical (unpaired) electrons. The van der Waals surface area contributed by atoms with Crippen LogP contribution in [0.4, 0.5) is 5.69 Å². The molecule has 0 fully saturated rings. The third-order valence-corrected chi connectivity index (χ3v) is 4.28. The molecular formula is C15H17BrN2O. The summed E-state index contributed by atoms with van der Waals surface area (Å²) in [5.41, 5.74) is 0.768. The maximum Gasteiger partial charge on any atom is 0.237 e. The van der Waals surface area contributed by atoms with Gasteiger partial charge < -0.3 is 4.90 Å². The first-order chi connectivity index (χ1) is 8.71. The molecule has 3 nitrogen and oxygen atoms in total. The lowest BCUT2D eigenvalue weighted by Gasteiger charge is -2.29. The lowest BCUT2D eigenvalue weighted by Crippen LogP contribution is -2.39. The molecule has 0 bridgehead atoms. The minimum absolute atomic E-state index is 0.0592. The third-order valence-electron chi connectivity index (χ3n) is 3.79. The Morgan fingerprint density at radius 3 is 2.68 bits per heavy atom. The van der Waals surface area contributed by atoms with Gasteiger partial charge in [0.15, 0.2) is 0 Å². The van der Waals surface area contributed by atoms with E-state index in [9.17, 15) is 10.1 Å². The molecular weight excluding hydrogens is 304 g/mol. The summed E-state index contributed by atoms with van der Waals surface area (Å²) in [7, 11) is 1.79. The Morgan fingerprint density at radius 1 is 1.47 bits per heavy atom. The van der Waals surface area contributed by atoms with Gasteiger partial charge >= 0.3 is 0 Å². The fourth-order valence-electron chi connectivity index (χ4n) is 2.93. The van der Waals surface area contributed by atoms with Crippen LogP contribution in [0.5, 0.6) is 0 Å². The Morgan fingerprint density at radius 2 is 2.11 bits per heavy atom. The fraction of sp³-hybridized carbons (Fsp3) is 0.467. The van der Waals surface area contributed by atoms with Crippen molar-refractivity contribution >= 4 is 27.5 Å². The van der Waals surface area contributed by atoms with Crippen LogP contribution in [-0.2, 0) is 10.2 Å². The summed E-state index contributed by atoms with van der Waals surface area (Å²) in [6.07, 6.45) is 0.517. The van der Waals surface area contributed by atoms with Crippen molar-refractivity contribution in [1.82, 2.24) is 0 Å². The molecule has 1 aromatic rings. The van der Waals surface area contributed by atoms with E-state index in [-0.39, 0.29) is 5.91 Å². The van der Waals surface area contributed by atoms with E-state index in [0.29, 0.717) is 6.42 Å². The van der Waals surface area contributed by atoms with Crippen LogP contribution in [0.1, 0.15) is 32.8 Å². The number of benzene rings is 1. The van der Waals surface area contributed by atoms with E-state index in [2.05, 4.69) is 22.0 Å². The smallest absolute Gasteiger partial charge is 0.237 e. The van der Waals surface area contributed by atoms with E-state index in [1.165, 1.54) is 0 Å². The number of amides is 1. The number of anilines is 1. The van der Waals surface area contributed by atoms with Gasteiger partial charge in [-0.15, -0.1) is 0 Å². The summed E-state index contributed by atoms with van der Waals surface area (Å²) in [6.45, 7) is 5.69. The Hall–Kier alpha value is -1.34. The van der Waals surface area contributed by atoms with Gasteiger partial charge in [-0.3, -0.25) is 4.79 Å². The molecule has 1 unspecified atom stereocenters. The van der Waals surface area contributed by atoms with Crippen LogP contribution < -0.4 is 4.90 Å². The van der Waals surface area contributed by atoms with Crippen molar-refractivity contribution in [2.24, 2.45) is 5.41 Å². The maximum atomic E-state index is 12.6. The number of hydrogen-bond donors (Lipinski definition) is 0. The maximum absolute atomic E-state index is 12.6. The SMILES string of the molecule is CN1C(=O)C(C)(CC(C)(C)C#N)c2cc(Br)ccc21. The van der Waals surface area contributed by atoms with E-state index in [1.54, 1.807) is 11.9 Å². The lowest BCUT2D eigenvalue weighted by molar-refractivity contribution is -0.123. The highest BCUT2D eigenvalue weighted by molar-refractivity contribution is 9.10.